The molecular formula is C16H19ClF3NO2S. The molecule has 1 heterocycles. The van der Waals surface area contributed by atoms with Crippen LogP contribution in [-0.4, -0.2) is 48.7 Å². The van der Waals surface area contributed by atoms with Gasteiger partial charge in [-0.2, -0.15) is 24.9 Å². The average molecular weight is 382 g/mol. The number of alkyl halides is 3. The van der Waals surface area contributed by atoms with E-state index in [4.69, 9.17) is 16.3 Å². The van der Waals surface area contributed by atoms with Crippen LogP contribution in [0.5, 0.6) is 5.75 Å². The first-order valence-electron chi connectivity index (χ1n) is 7.62. The highest BCUT2D eigenvalue weighted by molar-refractivity contribution is 7.98. The Kier molecular flexibility index (Phi) is 6.69. The maximum absolute atomic E-state index is 12.6. The number of thioether (sulfide) groups is 1. The predicted octanol–water partition coefficient (Wildman–Crippen LogP) is 3.96. The van der Waals surface area contributed by atoms with E-state index in [-0.39, 0.29) is 13.1 Å². The van der Waals surface area contributed by atoms with Gasteiger partial charge in [-0.15, -0.1) is 0 Å². The zero-order valence-corrected chi connectivity index (χ0v) is 14.9. The molecule has 24 heavy (non-hydrogen) atoms. The fourth-order valence-corrected chi connectivity index (χ4v) is 3.32. The molecule has 0 atom stereocenters. The summed E-state index contributed by atoms with van der Waals surface area (Å²) in [4.78, 5) is 12.3. The summed E-state index contributed by atoms with van der Waals surface area (Å²) in [5.74, 6) is -0.291. The smallest absolute Gasteiger partial charge is 0.471 e. The second-order valence-corrected chi connectivity index (χ2v) is 6.89. The zero-order valence-electron chi connectivity index (χ0n) is 13.3. The van der Waals surface area contributed by atoms with Crippen molar-refractivity contribution < 1.29 is 22.7 Å². The van der Waals surface area contributed by atoms with Gasteiger partial charge in [0.1, 0.15) is 5.75 Å². The lowest BCUT2D eigenvalue weighted by Crippen LogP contribution is -2.42. The van der Waals surface area contributed by atoms with Gasteiger partial charge >= 0.3 is 12.1 Å². The quantitative estimate of drug-likeness (QED) is 0.723. The molecule has 0 fully saturated rings. The lowest BCUT2D eigenvalue weighted by molar-refractivity contribution is -0.185. The van der Waals surface area contributed by atoms with Gasteiger partial charge in [0.2, 0.25) is 0 Å². The Morgan fingerprint density at radius 1 is 1.33 bits per heavy atom. The normalized spacial score (nSPS) is 15.0. The van der Waals surface area contributed by atoms with Crippen LogP contribution in [0.3, 0.4) is 0 Å². The van der Waals surface area contributed by atoms with Gasteiger partial charge < -0.3 is 9.64 Å². The van der Waals surface area contributed by atoms with Crippen LogP contribution in [0.25, 0.3) is 0 Å². The van der Waals surface area contributed by atoms with E-state index in [0.29, 0.717) is 30.2 Å². The highest BCUT2D eigenvalue weighted by Crippen LogP contribution is 2.34. The first-order valence-corrected chi connectivity index (χ1v) is 9.40. The van der Waals surface area contributed by atoms with Gasteiger partial charge in [0.05, 0.1) is 11.6 Å². The van der Waals surface area contributed by atoms with Crippen molar-refractivity contribution in [2.75, 3.05) is 31.7 Å². The van der Waals surface area contributed by atoms with Gasteiger partial charge in [-0.3, -0.25) is 4.79 Å². The Morgan fingerprint density at radius 3 is 2.71 bits per heavy atom. The van der Waals surface area contributed by atoms with Crippen LogP contribution in [0, 0.1) is 0 Å². The van der Waals surface area contributed by atoms with Gasteiger partial charge in [-0.1, -0.05) is 17.7 Å². The third kappa shape index (κ3) is 4.72. The minimum absolute atomic E-state index is 0.00680. The van der Waals surface area contributed by atoms with Gasteiger partial charge in [-0.05, 0) is 42.9 Å². The molecule has 134 valence electrons. The molecule has 2 rings (SSSR count). The van der Waals surface area contributed by atoms with E-state index in [9.17, 15) is 18.0 Å². The highest BCUT2D eigenvalue weighted by Gasteiger charge is 2.42. The maximum atomic E-state index is 12.6. The fraction of sp³-hybridized carbons (Fsp3) is 0.562. The molecule has 1 amide bonds. The molecule has 0 spiro atoms. The largest absolute Gasteiger partial charge is 0.492 e. The Bertz CT molecular complexity index is 595. The second-order valence-electron chi connectivity index (χ2n) is 5.50. The lowest BCUT2D eigenvalue weighted by Gasteiger charge is -2.21. The predicted molar refractivity (Wildman–Crippen MR) is 90.0 cm³/mol. The number of rotatable bonds is 5. The standard InChI is InChI=1S/C16H19ClF3NO2S/c1-24-10-2-9-23-14-12-6-8-21(15(22)16(18,19)20)7-5-11(12)3-4-13(14)17/h3-4H,2,5-10H2,1H3. The molecule has 3 nitrogen and oxygen atoms in total. The summed E-state index contributed by atoms with van der Waals surface area (Å²) < 4.78 is 43.7. The highest BCUT2D eigenvalue weighted by atomic mass is 35.5. The summed E-state index contributed by atoms with van der Waals surface area (Å²) in [7, 11) is 0. The van der Waals surface area contributed by atoms with Crippen LogP contribution >= 0.6 is 23.4 Å². The monoisotopic (exact) mass is 381 g/mol. The minimum Gasteiger partial charge on any atom is -0.492 e. The molecular weight excluding hydrogens is 363 g/mol. The summed E-state index contributed by atoms with van der Waals surface area (Å²) in [5.41, 5.74) is 1.70. The van der Waals surface area contributed by atoms with E-state index in [1.54, 1.807) is 23.9 Å². The number of fused-ring (bicyclic) bond motifs is 1. The molecule has 1 aliphatic rings. The van der Waals surface area contributed by atoms with Crippen molar-refractivity contribution in [3.8, 4) is 5.75 Å². The van der Waals surface area contributed by atoms with Crippen molar-refractivity contribution in [2.24, 2.45) is 0 Å². The minimum atomic E-state index is -4.84. The van der Waals surface area contributed by atoms with Crippen molar-refractivity contribution in [2.45, 2.75) is 25.4 Å². The van der Waals surface area contributed by atoms with Crippen LogP contribution in [0.1, 0.15) is 17.5 Å². The first kappa shape index (κ1) is 19.2. The van der Waals surface area contributed by atoms with E-state index in [2.05, 4.69) is 0 Å². The summed E-state index contributed by atoms with van der Waals surface area (Å²) in [5, 5.41) is 0.452. The summed E-state index contributed by atoms with van der Waals surface area (Å²) in [6, 6.07) is 3.50. The van der Waals surface area contributed by atoms with Crippen LogP contribution < -0.4 is 4.74 Å². The zero-order chi connectivity index (χ0) is 17.7. The number of ether oxygens (including phenoxy) is 1. The van der Waals surface area contributed by atoms with E-state index in [1.165, 1.54) is 0 Å². The Hall–Kier alpha value is -1.08. The third-order valence-electron chi connectivity index (χ3n) is 3.86. The molecule has 1 aromatic carbocycles. The SMILES string of the molecule is CSCCCOc1c(Cl)ccc2c1CCN(C(=O)C(F)(F)F)CC2. The number of nitrogens with zero attached hydrogens (tertiary/aromatic N) is 1. The average Bonchev–Trinajstić information content (AvgIpc) is 2.74. The summed E-state index contributed by atoms with van der Waals surface area (Å²) in [6.07, 6.45) is -1.32. The molecule has 8 heteroatoms. The number of amides is 1. The van der Waals surface area contributed by atoms with Crippen molar-refractivity contribution in [1.82, 2.24) is 4.90 Å². The van der Waals surface area contributed by atoms with Gasteiger partial charge in [0.25, 0.3) is 0 Å². The molecule has 0 saturated heterocycles. The molecule has 0 saturated carbocycles. The summed E-state index contributed by atoms with van der Waals surface area (Å²) in [6.45, 7) is 0.550. The van der Waals surface area contributed by atoms with Crippen LogP contribution in [0.2, 0.25) is 5.02 Å². The van der Waals surface area contributed by atoms with Gasteiger partial charge in [0.15, 0.2) is 0 Å². The maximum Gasteiger partial charge on any atom is 0.471 e. The molecule has 0 N–H and O–H groups in total. The van der Waals surface area contributed by atoms with E-state index in [0.717, 1.165) is 28.2 Å². The van der Waals surface area contributed by atoms with E-state index < -0.39 is 12.1 Å². The molecule has 0 unspecified atom stereocenters. The molecule has 0 bridgehead atoms. The van der Waals surface area contributed by atoms with Crippen LogP contribution in [0.4, 0.5) is 13.2 Å². The van der Waals surface area contributed by atoms with Gasteiger partial charge in [-0.25, -0.2) is 0 Å². The Balaban J connectivity index is 2.14. The number of benzene rings is 1. The number of carbonyl (C=O) groups is 1. The van der Waals surface area contributed by atoms with E-state index >= 15 is 0 Å². The molecule has 0 aliphatic carbocycles. The molecule has 1 aliphatic heterocycles. The van der Waals surface area contributed by atoms with Gasteiger partial charge in [0, 0.05) is 18.7 Å². The molecule has 1 aromatic rings. The molecule has 0 radical (unpaired) electrons. The fourth-order valence-electron chi connectivity index (χ4n) is 2.68. The van der Waals surface area contributed by atoms with Crippen molar-refractivity contribution in [3.63, 3.8) is 0 Å². The van der Waals surface area contributed by atoms with Crippen molar-refractivity contribution >= 4 is 29.3 Å². The number of hydrogen-bond acceptors (Lipinski definition) is 3. The van der Waals surface area contributed by atoms with Crippen molar-refractivity contribution in [3.05, 3.63) is 28.3 Å². The topological polar surface area (TPSA) is 29.5 Å². The Labute approximate surface area is 148 Å². The lowest BCUT2D eigenvalue weighted by atomic mass is 10.0. The third-order valence-corrected chi connectivity index (χ3v) is 4.86. The summed E-state index contributed by atoms with van der Waals surface area (Å²) >= 11 is 7.92. The number of hydrogen-bond donors (Lipinski definition) is 0. The number of carbonyl (C=O) groups excluding carboxylic acids is 1. The number of halogens is 4. The van der Waals surface area contributed by atoms with Crippen LogP contribution in [-0.2, 0) is 17.6 Å². The molecule has 0 aromatic heterocycles. The Morgan fingerprint density at radius 2 is 2.04 bits per heavy atom. The van der Waals surface area contributed by atoms with E-state index in [1.807, 2.05) is 6.26 Å². The van der Waals surface area contributed by atoms with Crippen LogP contribution in [0.15, 0.2) is 12.1 Å². The first-order chi connectivity index (χ1) is 11.3. The van der Waals surface area contributed by atoms with Crippen molar-refractivity contribution in [1.29, 1.82) is 0 Å². The second kappa shape index (κ2) is 8.34.